The molecule has 7 heteroatoms. The van der Waals surface area contributed by atoms with Crippen LogP contribution in [0.25, 0.3) is 0 Å². The second kappa shape index (κ2) is 7.21. The van der Waals surface area contributed by atoms with E-state index in [1.165, 1.54) is 0 Å². The Bertz CT molecular complexity index is 209. The predicted octanol–water partition coefficient (Wildman–Crippen LogP) is 4.29. The van der Waals surface area contributed by atoms with Crippen LogP contribution in [0.4, 0.5) is 26.3 Å². The molecule has 0 heterocycles. The molecular formula is C11H19F6N. The Morgan fingerprint density at radius 3 is 1.72 bits per heavy atom. The van der Waals surface area contributed by atoms with Crippen LogP contribution in [0.3, 0.4) is 0 Å². The number of hydrogen-bond acceptors (Lipinski definition) is 1. The van der Waals surface area contributed by atoms with Crippen molar-refractivity contribution in [3.8, 4) is 0 Å². The summed E-state index contributed by atoms with van der Waals surface area (Å²) in [4.78, 5) is 0. The van der Waals surface area contributed by atoms with Crippen LogP contribution >= 0.6 is 0 Å². The average molecular weight is 279 g/mol. The Balaban J connectivity index is 4.64. The number of hydrogen-bond donors (Lipinski definition) is 1. The molecule has 0 radical (unpaired) electrons. The highest BCUT2D eigenvalue weighted by Gasteiger charge is 2.59. The van der Waals surface area contributed by atoms with Crippen LogP contribution in [0.1, 0.15) is 39.0 Å². The summed E-state index contributed by atoms with van der Waals surface area (Å²) in [6.45, 7) is 1.92. The molecule has 0 rings (SSSR count). The predicted molar refractivity (Wildman–Crippen MR) is 57.2 cm³/mol. The first-order chi connectivity index (χ1) is 8.14. The molecule has 0 aromatic carbocycles. The number of alkyl halides is 6. The van der Waals surface area contributed by atoms with Crippen molar-refractivity contribution in [3.05, 3.63) is 0 Å². The first-order valence-electron chi connectivity index (χ1n) is 5.95. The van der Waals surface area contributed by atoms with E-state index in [0.29, 0.717) is 12.8 Å². The molecule has 18 heavy (non-hydrogen) atoms. The zero-order chi connectivity index (χ0) is 14.4. The summed E-state index contributed by atoms with van der Waals surface area (Å²) in [5.74, 6) is -3.29. The maximum atomic E-state index is 12.5. The Hall–Kier alpha value is -0.460. The van der Waals surface area contributed by atoms with Gasteiger partial charge in [-0.05, 0) is 13.5 Å². The molecule has 0 aliphatic heterocycles. The maximum Gasteiger partial charge on any atom is 0.401 e. The van der Waals surface area contributed by atoms with Crippen molar-refractivity contribution >= 4 is 0 Å². The Kier molecular flexibility index (Phi) is 7.02. The third-order valence-corrected chi connectivity index (χ3v) is 2.85. The third-order valence-electron chi connectivity index (χ3n) is 2.85. The van der Waals surface area contributed by atoms with Crippen LogP contribution in [0.15, 0.2) is 0 Å². The van der Waals surface area contributed by atoms with E-state index in [4.69, 9.17) is 0 Å². The maximum absolute atomic E-state index is 12.5. The molecule has 0 fully saturated rings. The number of rotatable bonds is 7. The fraction of sp³-hybridized carbons (Fsp3) is 1.00. The molecule has 0 saturated heterocycles. The zero-order valence-electron chi connectivity index (χ0n) is 10.5. The van der Waals surface area contributed by atoms with Gasteiger partial charge in [0.05, 0.1) is 0 Å². The first kappa shape index (κ1) is 17.5. The van der Waals surface area contributed by atoms with E-state index in [2.05, 4.69) is 5.32 Å². The summed E-state index contributed by atoms with van der Waals surface area (Å²) in [5, 5.41) is 2.15. The van der Waals surface area contributed by atoms with Crippen molar-refractivity contribution in [1.29, 1.82) is 0 Å². The minimum atomic E-state index is -5.27. The van der Waals surface area contributed by atoms with Crippen LogP contribution in [-0.2, 0) is 0 Å². The molecular weight excluding hydrogens is 260 g/mol. The smallest absolute Gasteiger partial charge is 0.316 e. The summed E-state index contributed by atoms with van der Waals surface area (Å²) in [6.07, 6.45) is -7.95. The van der Waals surface area contributed by atoms with E-state index in [1.807, 2.05) is 6.92 Å². The minimum Gasteiger partial charge on any atom is -0.316 e. The first-order valence-corrected chi connectivity index (χ1v) is 5.95. The van der Waals surface area contributed by atoms with Gasteiger partial charge >= 0.3 is 12.4 Å². The van der Waals surface area contributed by atoms with Gasteiger partial charge in [-0.3, -0.25) is 0 Å². The van der Waals surface area contributed by atoms with Gasteiger partial charge in [-0.25, -0.2) is 0 Å². The molecule has 0 amide bonds. The second-order valence-electron chi connectivity index (χ2n) is 4.31. The van der Waals surface area contributed by atoms with E-state index in [9.17, 15) is 26.3 Å². The summed E-state index contributed by atoms with van der Waals surface area (Å²) in [6, 6.07) is -1.61. The third kappa shape index (κ3) is 5.93. The monoisotopic (exact) mass is 279 g/mol. The molecule has 0 aliphatic carbocycles. The second-order valence-corrected chi connectivity index (χ2v) is 4.31. The Morgan fingerprint density at radius 2 is 1.39 bits per heavy atom. The molecule has 0 saturated carbocycles. The van der Waals surface area contributed by atoms with Gasteiger partial charge in [-0.15, -0.1) is 0 Å². The fourth-order valence-electron chi connectivity index (χ4n) is 1.91. The highest BCUT2D eigenvalue weighted by atomic mass is 19.4. The normalized spacial score (nSPS) is 15.2. The van der Waals surface area contributed by atoms with Gasteiger partial charge in [0.1, 0.15) is 0 Å². The average Bonchev–Trinajstić information content (AvgIpc) is 2.18. The molecule has 0 aromatic heterocycles. The van der Waals surface area contributed by atoms with Crippen LogP contribution < -0.4 is 5.32 Å². The van der Waals surface area contributed by atoms with Crippen LogP contribution in [0.5, 0.6) is 0 Å². The van der Waals surface area contributed by atoms with Crippen molar-refractivity contribution in [2.45, 2.75) is 57.4 Å². The van der Waals surface area contributed by atoms with Crippen LogP contribution in [0, 0.1) is 5.92 Å². The lowest BCUT2D eigenvalue weighted by Gasteiger charge is -2.30. The van der Waals surface area contributed by atoms with Gasteiger partial charge < -0.3 is 5.32 Å². The number of unbranched alkanes of at least 4 members (excludes halogenated alkanes) is 3. The van der Waals surface area contributed by atoms with Gasteiger partial charge in [0.25, 0.3) is 0 Å². The van der Waals surface area contributed by atoms with Crippen molar-refractivity contribution in [2.24, 2.45) is 5.92 Å². The highest BCUT2D eigenvalue weighted by molar-refractivity contribution is 4.86. The van der Waals surface area contributed by atoms with Gasteiger partial charge in [0, 0.05) is 6.04 Å². The van der Waals surface area contributed by atoms with E-state index in [1.54, 1.807) is 0 Å². The van der Waals surface area contributed by atoms with Crippen molar-refractivity contribution in [1.82, 2.24) is 5.32 Å². The topological polar surface area (TPSA) is 12.0 Å². The van der Waals surface area contributed by atoms with Gasteiger partial charge in [-0.1, -0.05) is 32.6 Å². The van der Waals surface area contributed by atoms with Crippen LogP contribution in [0.2, 0.25) is 0 Å². The molecule has 0 aliphatic rings. The molecule has 1 unspecified atom stereocenters. The van der Waals surface area contributed by atoms with Crippen LogP contribution in [-0.4, -0.2) is 25.4 Å². The Labute approximate surface area is 103 Å². The highest BCUT2D eigenvalue weighted by Crippen LogP contribution is 2.42. The molecule has 0 spiro atoms. The van der Waals surface area contributed by atoms with Crippen molar-refractivity contribution in [3.63, 3.8) is 0 Å². The van der Waals surface area contributed by atoms with Gasteiger partial charge in [0.15, 0.2) is 5.92 Å². The fourth-order valence-corrected chi connectivity index (χ4v) is 1.91. The molecule has 110 valence electrons. The summed E-state index contributed by atoms with van der Waals surface area (Å²) in [7, 11) is 1.13. The molecule has 1 atom stereocenters. The number of halogens is 6. The summed E-state index contributed by atoms with van der Waals surface area (Å²) in [5.41, 5.74) is 0. The lowest BCUT2D eigenvalue weighted by molar-refractivity contribution is -0.291. The van der Waals surface area contributed by atoms with E-state index >= 15 is 0 Å². The summed E-state index contributed by atoms with van der Waals surface area (Å²) >= 11 is 0. The molecule has 1 N–H and O–H groups in total. The van der Waals surface area contributed by atoms with E-state index in [0.717, 1.165) is 19.9 Å². The van der Waals surface area contributed by atoms with Gasteiger partial charge in [0.2, 0.25) is 0 Å². The van der Waals surface area contributed by atoms with Crippen molar-refractivity contribution in [2.75, 3.05) is 7.05 Å². The lowest BCUT2D eigenvalue weighted by Crippen LogP contribution is -2.50. The van der Waals surface area contributed by atoms with E-state index < -0.39 is 24.3 Å². The quantitative estimate of drug-likeness (QED) is 0.541. The standard InChI is InChI=1S/C11H19F6N/c1-3-4-5-6-7-8(18-2)9(10(12,13)14)11(15,16)17/h8-9,18H,3-7H2,1-2H3. The lowest BCUT2D eigenvalue weighted by atomic mass is 9.93. The Morgan fingerprint density at radius 1 is 0.889 bits per heavy atom. The van der Waals surface area contributed by atoms with Crippen molar-refractivity contribution < 1.29 is 26.3 Å². The van der Waals surface area contributed by atoms with Gasteiger partial charge in [-0.2, -0.15) is 26.3 Å². The van der Waals surface area contributed by atoms with E-state index in [-0.39, 0.29) is 6.42 Å². The summed E-state index contributed by atoms with van der Waals surface area (Å²) < 4.78 is 74.8. The largest absolute Gasteiger partial charge is 0.401 e. The zero-order valence-corrected chi connectivity index (χ0v) is 10.5. The molecule has 1 nitrogen and oxygen atoms in total. The minimum absolute atomic E-state index is 0.125. The SMILES string of the molecule is CCCCCCC(NC)C(C(F)(F)F)C(F)(F)F. The molecule has 0 bridgehead atoms. The number of nitrogens with one attached hydrogen (secondary N) is 1. The molecule has 0 aromatic rings.